The summed E-state index contributed by atoms with van der Waals surface area (Å²) in [5, 5.41) is 2.22. The Bertz CT molecular complexity index is 1270. The van der Waals surface area contributed by atoms with E-state index >= 15 is 0 Å². The molecule has 0 atom stereocenters. The highest BCUT2D eigenvalue weighted by atomic mass is 32.1. The number of aryl methyl sites for hydroxylation is 1. The van der Waals surface area contributed by atoms with Gasteiger partial charge in [0.05, 0.1) is 30.9 Å². The SMILES string of the molecule is CCn1c(=NC(=O)Cc2cccc3ccccc23)sc2cc(OC)c(OC)cc21. The minimum absolute atomic E-state index is 0.158. The second-order valence-electron chi connectivity index (χ2n) is 6.62. The fraction of sp³-hybridized carbons (Fsp3) is 0.217. The maximum atomic E-state index is 12.8. The quantitative estimate of drug-likeness (QED) is 0.488. The minimum atomic E-state index is -0.158. The first-order valence-electron chi connectivity index (χ1n) is 9.44. The molecule has 0 radical (unpaired) electrons. The van der Waals surface area contributed by atoms with Crippen molar-refractivity contribution in [1.82, 2.24) is 4.57 Å². The Kier molecular flexibility index (Phi) is 5.36. The molecule has 1 heterocycles. The van der Waals surface area contributed by atoms with Crippen molar-refractivity contribution in [2.75, 3.05) is 14.2 Å². The summed E-state index contributed by atoms with van der Waals surface area (Å²) in [6.07, 6.45) is 0.270. The maximum absolute atomic E-state index is 12.8. The summed E-state index contributed by atoms with van der Waals surface area (Å²) in [5.74, 6) is 1.17. The Morgan fingerprint density at radius 1 is 1.03 bits per heavy atom. The van der Waals surface area contributed by atoms with Crippen LogP contribution in [0.5, 0.6) is 11.5 Å². The van der Waals surface area contributed by atoms with Gasteiger partial charge in [-0.15, -0.1) is 0 Å². The number of hydrogen-bond acceptors (Lipinski definition) is 4. The third-order valence-electron chi connectivity index (χ3n) is 4.95. The first-order valence-corrected chi connectivity index (χ1v) is 10.3. The molecule has 5 nitrogen and oxygen atoms in total. The van der Waals surface area contributed by atoms with E-state index in [0.717, 1.165) is 26.6 Å². The Morgan fingerprint density at radius 3 is 2.52 bits per heavy atom. The molecule has 3 aromatic carbocycles. The summed E-state index contributed by atoms with van der Waals surface area (Å²) >= 11 is 1.48. The maximum Gasteiger partial charge on any atom is 0.252 e. The molecular weight excluding hydrogens is 384 g/mol. The largest absolute Gasteiger partial charge is 0.493 e. The number of carbonyl (C=O) groups excluding carboxylic acids is 1. The molecule has 0 aliphatic heterocycles. The van der Waals surface area contributed by atoms with E-state index in [1.807, 2.05) is 54.0 Å². The van der Waals surface area contributed by atoms with Crippen molar-refractivity contribution in [1.29, 1.82) is 0 Å². The van der Waals surface area contributed by atoms with Gasteiger partial charge in [-0.3, -0.25) is 4.79 Å². The van der Waals surface area contributed by atoms with Gasteiger partial charge in [0.25, 0.3) is 5.91 Å². The zero-order valence-corrected chi connectivity index (χ0v) is 17.5. The summed E-state index contributed by atoms with van der Waals surface area (Å²) in [7, 11) is 3.23. The van der Waals surface area contributed by atoms with Crippen LogP contribution in [-0.4, -0.2) is 24.7 Å². The summed E-state index contributed by atoms with van der Waals surface area (Å²) < 4.78 is 13.9. The number of methoxy groups -OCH3 is 2. The van der Waals surface area contributed by atoms with Crippen molar-refractivity contribution in [2.45, 2.75) is 19.9 Å². The number of rotatable bonds is 5. The smallest absolute Gasteiger partial charge is 0.252 e. The summed E-state index contributed by atoms with van der Waals surface area (Å²) in [6.45, 7) is 2.74. The van der Waals surface area contributed by atoms with E-state index in [0.29, 0.717) is 22.8 Å². The van der Waals surface area contributed by atoms with Crippen LogP contribution in [0.4, 0.5) is 0 Å². The lowest BCUT2D eigenvalue weighted by molar-refractivity contribution is -0.117. The molecule has 0 unspecified atom stereocenters. The Morgan fingerprint density at radius 2 is 1.76 bits per heavy atom. The van der Waals surface area contributed by atoms with Gasteiger partial charge in [-0.05, 0) is 23.3 Å². The fourth-order valence-electron chi connectivity index (χ4n) is 3.54. The van der Waals surface area contributed by atoms with Crippen molar-refractivity contribution in [3.8, 4) is 11.5 Å². The van der Waals surface area contributed by atoms with Gasteiger partial charge < -0.3 is 14.0 Å². The van der Waals surface area contributed by atoms with E-state index in [1.54, 1.807) is 14.2 Å². The van der Waals surface area contributed by atoms with Crippen molar-refractivity contribution in [3.63, 3.8) is 0 Å². The van der Waals surface area contributed by atoms with E-state index in [9.17, 15) is 4.79 Å². The molecule has 0 aliphatic carbocycles. The van der Waals surface area contributed by atoms with Crippen molar-refractivity contribution in [2.24, 2.45) is 4.99 Å². The van der Waals surface area contributed by atoms with Crippen LogP contribution >= 0.6 is 11.3 Å². The Labute approximate surface area is 172 Å². The normalized spacial score (nSPS) is 11.9. The number of amides is 1. The van der Waals surface area contributed by atoms with Crippen LogP contribution in [0.3, 0.4) is 0 Å². The van der Waals surface area contributed by atoms with Crippen LogP contribution in [-0.2, 0) is 17.8 Å². The van der Waals surface area contributed by atoms with Gasteiger partial charge in [0.15, 0.2) is 16.3 Å². The lowest BCUT2D eigenvalue weighted by Gasteiger charge is -2.08. The summed E-state index contributed by atoms with van der Waals surface area (Å²) in [6, 6.07) is 18.0. The third-order valence-corrected chi connectivity index (χ3v) is 5.99. The highest BCUT2D eigenvalue weighted by molar-refractivity contribution is 7.16. The van der Waals surface area contributed by atoms with E-state index in [4.69, 9.17) is 9.47 Å². The van der Waals surface area contributed by atoms with Crippen LogP contribution in [0.25, 0.3) is 21.0 Å². The Balaban J connectivity index is 1.76. The number of aromatic nitrogens is 1. The minimum Gasteiger partial charge on any atom is -0.493 e. The van der Waals surface area contributed by atoms with Gasteiger partial charge in [-0.25, -0.2) is 0 Å². The van der Waals surface area contributed by atoms with E-state index in [-0.39, 0.29) is 12.3 Å². The first kappa shape index (κ1) is 19.2. The number of hydrogen-bond donors (Lipinski definition) is 0. The number of ether oxygens (including phenoxy) is 2. The van der Waals surface area contributed by atoms with Crippen LogP contribution in [0.1, 0.15) is 12.5 Å². The predicted octanol–water partition coefficient (Wildman–Crippen LogP) is 4.56. The van der Waals surface area contributed by atoms with Crippen LogP contribution in [0.2, 0.25) is 0 Å². The lowest BCUT2D eigenvalue weighted by Crippen LogP contribution is -2.16. The van der Waals surface area contributed by atoms with E-state index in [2.05, 4.69) is 17.1 Å². The third kappa shape index (κ3) is 3.63. The molecule has 0 aliphatic rings. The zero-order valence-electron chi connectivity index (χ0n) is 16.6. The predicted molar refractivity (Wildman–Crippen MR) is 117 cm³/mol. The lowest BCUT2D eigenvalue weighted by atomic mass is 10.0. The number of thiazole rings is 1. The first-order chi connectivity index (χ1) is 14.1. The molecule has 1 amide bonds. The topological polar surface area (TPSA) is 52.8 Å². The average Bonchev–Trinajstić information content (AvgIpc) is 3.08. The van der Waals surface area contributed by atoms with E-state index in [1.165, 1.54) is 11.3 Å². The highest BCUT2D eigenvalue weighted by Crippen LogP contribution is 2.33. The molecule has 148 valence electrons. The monoisotopic (exact) mass is 406 g/mol. The molecule has 0 bridgehead atoms. The van der Waals surface area contributed by atoms with Gasteiger partial charge in [0.2, 0.25) is 0 Å². The standard InChI is InChI=1S/C23H22N2O3S/c1-4-25-18-13-19(27-2)20(28-3)14-21(18)29-23(25)24-22(26)12-16-10-7-9-15-8-5-6-11-17(15)16/h5-11,13-14H,4,12H2,1-3H3. The molecule has 0 saturated carbocycles. The molecule has 1 aromatic heterocycles. The van der Waals surface area contributed by atoms with Gasteiger partial charge in [0.1, 0.15) is 0 Å². The highest BCUT2D eigenvalue weighted by Gasteiger charge is 2.13. The summed E-state index contributed by atoms with van der Waals surface area (Å²) in [4.78, 5) is 17.9. The molecular formula is C23H22N2O3S. The molecule has 4 rings (SSSR count). The van der Waals surface area contributed by atoms with E-state index < -0.39 is 0 Å². The molecule has 4 aromatic rings. The molecule has 0 saturated heterocycles. The molecule has 29 heavy (non-hydrogen) atoms. The zero-order chi connectivity index (χ0) is 20.4. The van der Waals surface area contributed by atoms with Crippen LogP contribution in [0.15, 0.2) is 59.6 Å². The molecule has 0 fully saturated rings. The molecule has 0 N–H and O–H groups in total. The second-order valence-corrected chi connectivity index (χ2v) is 7.63. The number of fused-ring (bicyclic) bond motifs is 2. The fourth-order valence-corrected chi connectivity index (χ4v) is 4.66. The van der Waals surface area contributed by atoms with Gasteiger partial charge >= 0.3 is 0 Å². The van der Waals surface area contributed by atoms with Gasteiger partial charge in [-0.2, -0.15) is 4.99 Å². The Hall–Kier alpha value is -3.12. The van der Waals surface area contributed by atoms with Gasteiger partial charge in [0, 0.05) is 18.7 Å². The average molecular weight is 407 g/mol. The summed E-state index contributed by atoms with van der Waals surface area (Å²) in [5.41, 5.74) is 1.97. The number of carbonyl (C=O) groups is 1. The second kappa shape index (κ2) is 8.09. The van der Waals surface area contributed by atoms with Crippen molar-refractivity contribution < 1.29 is 14.3 Å². The molecule has 6 heteroatoms. The number of nitrogens with zero attached hydrogens (tertiary/aromatic N) is 2. The van der Waals surface area contributed by atoms with Crippen LogP contribution < -0.4 is 14.3 Å². The van der Waals surface area contributed by atoms with Crippen LogP contribution in [0, 0.1) is 0 Å². The number of benzene rings is 3. The molecule has 0 spiro atoms. The van der Waals surface area contributed by atoms with Gasteiger partial charge in [-0.1, -0.05) is 53.8 Å². The van der Waals surface area contributed by atoms with Crippen molar-refractivity contribution in [3.05, 3.63) is 65.0 Å². The van der Waals surface area contributed by atoms with Crippen molar-refractivity contribution >= 4 is 38.2 Å².